The van der Waals surface area contributed by atoms with Crippen LogP contribution in [0.3, 0.4) is 0 Å². The van der Waals surface area contributed by atoms with E-state index in [4.69, 9.17) is 0 Å². The maximum atomic E-state index is 10.5. The van der Waals surface area contributed by atoms with Crippen LogP contribution in [0.4, 0.5) is 0 Å². The molecular weight excluding hydrogens is 204 g/mol. The summed E-state index contributed by atoms with van der Waals surface area (Å²) in [6.45, 7) is 1.43. The Balaban J connectivity index is 2.62. The van der Waals surface area contributed by atoms with Gasteiger partial charge in [-0.15, -0.1) is 23.1 Å². The highest BCUT2D eigenvalue weighted by atomic mass is 32.2. The fraction of sp³-hybridized carbons (Fsp3) is 0.250. The molecule has 0 atom stereocenters. The molecular formula is C8H10N2OS2. The van der Waals surface area contributed by atoms with Crippen molar-refractivity contribution in [2.75, 3.05) is 6.26 Å². The van der Waals surface area contributed by atoms with Crippen molar-refractivity contribution in [3.63, 3.8) is 0 Å². The molecule has 0 fully saturated rings. The SMILES string of the molecule is CSc1sccc1C=NNC(C)=O. The molecule has 70 valence electrons. The molecule has 1 heterocycles. The molecule has 0 spiro atoms. The Kier molecular flexibility index (Phi) is 3.98. The summed E-state index contributed by atoms with van der Waals surface area (Å²) in [5, 5.41) is 5.79. The lowest BCUT2D eigenvalue weighted by atomic mass is 10.4. The van der Waals surface area contributed by atoms with Crippen LogP contribution in [-0.4, -0.2) is 18.4 Å². The van der Waals surface area contributed by atoms with Crippen molar-refractivity contribution in [3.05, 3.63) is 17.0 Å². The van der Waals surface area contributed by atoms with Crippen LogP contribution in [0.2, 0.25) is 0 Å². The van der Waals surface area contributed by atoms with E-state index in [2.05, 4.69) is 10.5 Å². The van der Waals surface area contributed by atoms with Gasteiger partial charge in [0, 0.05) is 12.5 Å². The highest BCUT2D eigenvalue weighted by molar-refractivity contribution is 8.00. The first-order chi connectivity index (χ1) is 6.24. The third-order valence-electron chi connectivity index (χ3n) is 1.27. The second-order valence-corrected chi connectivity index (χ2v) is 4.28. The lowest BCUT2D eigenvalue weighted by molar-refractivity contribution is -0.118. The first-order valence-electron chi connectivity index (χ1n) is 3.65. The fourth-order valence-corrected chi connectivity index (χ4v) is 2.26. The van der Waals surface area contributed by atoms with Crippen molar-refractivity contribution < 1.29 is 4.79 Å². The number of carbonyl (C=O) groups is 1. The number of thioether (sulfide) groups is 1. The zero-order valence-electron chi connectivity index (χ0n) is 7.40. The van der Waals surface area contributed by atoms with Crippen LogP contribution in [0, 0.1) is 0 Å². The molecule has 1 amide bonds. The second kappa shape index (κ2) is 5.04. The zero-order valence-corrected chi connectivity index (χ0v) is 9.04. The maximum Gasteiger partial charge on any atom is 0.236 e. The van der Waals surface area contributed by atoms with E-state index in [9.17, 15) is 4.79 Å². The highest BCUT2D eigenvalue weighted by Gasteiger charge is 1.98. The van der Waals surface area contributed by atoms with E-state index in [-0.39, 0.29) is 5.91 Å². The second-order valence-electron chi connectivity index (χ2n) is 2.29. The van der Waals surface area contributed by atoms with Crippen molar-refractivity contribution in [1.29, 1.82) is 0 Å². The van der Waals surface area contributed by atoms with Crippen LogP contribution in [0.5, 0.6) is 0 Å². The van der Waals surface area contributed by atoms with Crippen LogP contribution in [-0.2, 0) is 4.79 Å². The minimum Gasteiger partial charge on any atom is -0.274 e. The monoisotopic (exact) mass is 214 g/mol. The van der Waals surface area contributed by atoms with Crippen molar-refractivity contribution in [1.82, 2.24) is 5.43 Å². The summed E-state index contributed by atoms with van der Waals surface area (Å²) in [6.07, 6.45) is 3.67. The first kappa shape index (κ1) is 10.3. The first-order valence-corrected chi connectivity index (χ1v) is 5.75. The van der Waals surface area contributed by atoms with E-state index >= 15 is 0 Å². The highest BCUT2D eigenvalue weighted by Crippen LogP contribution is 2.24. The average molecular weight is 214 g/mol. The number of hydrogen-bond donors (Lipinski definition) is 1. The number of hydrazone groups is 1. The summed E-state index contributed by atoms with van der Waals surface area (Å²) >= 11 is 3.34. The predicted molar refractivity (Wildman–Crippen MR) is 57.5 cm³/mol. The molecule has 0 aliphatic heterocycles. The zero-order chi connectivity index (χ0) is 9.68. The quantitative estimate of drug-likeness (QED) is 0.474. The van der Waals surface area contributed by atoms with Gasteiger partial charge in [-0.2, -0.15) is 5.10 Å². The molecule has 0 saturated carbocycles. The van der Waals surface area contributed by atoms with E-state index in [0.717, 1.165) is 5.56 Å². The van der Waals surface area contributed by atoms with Gasteiger partial charge in [0.2, 0.25) is 5.91 Å². The van der Waals surface area contributed by atoms with E-state index in [0.29, 0.717) is 0 Å². The van der Waals surface area contributed by atoms with Gasteiger partial charge in [0.25, 0.3) is 0 Å². The van der Waals surface area contributed by atoms with Crippen LogP contribution in [0.15, 0.2) is 20.8 Å². The predicted octanol–water partition coefficient (Wildman–Crippen LogP) is 1.94. The van der Waals surface area contributed by atoms with Gasteiger partial charge in [0.1, 0.15) is 0 Å². The van der Waals surface area contributed by atoms with E-state index < -0.39 is 0 Å². The number of hydrogen-bond acceptors (Lipinski definition) is 4. The summed E-state index contributed by atoms with van der Waals surface area (Å²) in [6, 6.07) is 1.97. The number of nitrogens with one attached hydrogen (secondary N) is 1. The molecule has 1 N–H and O–H groups in total. The Bertz CT molecular complexity index is 320. The van der Waals surface area contributed by atoms with E-state index in [1.165, 1.54) is 11.1 Å². The van der Waals surface area contributed by atoms with Crippen molar-refractivity contribution in [2.45, 2.75) is 11.1 Å². The van der Waals surface area contributed by atoms with Gasteiger partial charge in [-0.05, 0) is 17.7 Å². The van der Waals surface area contributed by atoms with Gasteiger partial charge in [-0.25, -0.2) is 5.43 Å². The topological polar surface area (TPSA) is 41.5 Å². The Morgan fingerprint density at radius 3 is 3.15 bits per heavy atom. The molecule has 5 heteroatoms. The van der Waals surface area contributed by atoms with Crippen molar-refractivity contribution in [2.24, 2.45) is 5.10 Å². The molecule has 1 rings (SSSR count). The minimum absolute atomic E-state index is 0.155. The lowest BCUT2D eigenvalue weighted by Crippen LogP contribution is -2.12. The van der Waals surface area contributed by atoms with Crippen LogP contribution in [0.1, 0.15) is 12.5 Å². The molecule has 13 heavy (non-hydrogen) atoms. The summed E-state index contributed by atoms with van der Waals surface area (Å²) < 4.78 is 1.20. The summed E-state index contributed by atoms with van der Waals surface area (Å²) in [7, 11) is 0. The molecule has 1 aromatic heterocycles. The molecule has 0 saturated heterocycles. The smallest absolute Gasteiger partial charge is 0.236 e. The molecule has 0 bridgehead atoms. The van der Waals surface area contributed by atoms with Crippen LogP contribution >= 0.6 is 23.1 Å². The Morgan fingerprint density at radius 2 is 2.54 bits per heavy atom. The number of carbonyl (C=O) groups excluding carboxylic acids is 1. The largest absolute Gasteiger partial charge is 0.274 e. The Morgan fingerprint density at radius 1 is 1.77 bits per heavy atom. The number of amides is 1. The van der Waals surface area contributed by atoms with Gasteiger partial charge in [0.15, 0.2) is 0 Å². The number of nitrogens with zero attached hydrogens (tertiary/aromatic N) is 1. The van der Waals surface area contributed by atoms with E-state index in [1.54, 1.807) is 29.3 Å². The van der Waals surface area contributed by atoms with Crippen LogP contribution < -0.4 is 5.43 Å². The van der Waals surface area contributed by atoms with Gasteiger partial charge in [-0.3, -0.25) is 4.79 Å². The van der Waals surface area contributed by atoms with Gasteiger partial charge in [0.05, 0.1) is 10.4 Å². The minimum atomic E-state index is -0.155. The third kappa shape index (κ3) is 3.20. The van der Waals surface area contributed by atoms with Crippen molar-refractivity contribution >= 4 is 35.2 Å². The molecule has 3 nitrogen and oxygen atoms in total. The average Bonchev–Trinajstić information content (AvgIpc) is 2.51. The normalized spacial score (nSPS) is 10.6. The summed E-state index contributed by atoms with van der Waals surface area (Å²) in [5.74, 6) is -0.155. The fourth-order valence-electron chi connectivity index (χ4n) is 0.760. The summed E-state index contributed by atoms with van der Waals surface area (Å²) in [5.41, 5.74) is 3.41. The van der Waals surface area contributed by atoms with Crippen molar-refractivity contribution in [3.8, 4) is 0 Å². The van der Waals surface area contributed by atoms with Crippen LogP contribution in [0.25, 0.3) is 0 Å². The standard InChI is InChI=1S/C8H10N2OS2/c1-6(11)10-9-5-7-3-4-13-8(7)12-2/h3-5H,1-2H3,(H,10,11). The van der Waals surface area contributed by atoms with E-state index in [1.807, 2.05) is 17.7 Å². The Hall–Kier alpha value is -0.810. The number of thiophene rings is 1. The van der Waals surface area contributed by atoms with Gasteiger partial charge >= 0.3 is 0 Å². The molecule has 0 aliphatic carbocycles. The van der Waals surface area contributed by atoms with Gasteiger partial charge < -0.3 is 0 Å². The maximum absolute atomic E-state index is 10.5. The van der Waals surface area contributed by atoms with Gasteiger partial charge in [-0.1, -0.05) is 0 Å². The molecule has 0 aromatic carbocycles. The Labute approximate surface area is 85.2 Å². The summed E-state index contributed by atoms with van der Waals surface area (Å²) in [4.78, 5) is 10.5. The lowest BCUT2D eigenvalue weighted by Gasteiger charge is -1.93. The number of rotatable bonds is 3. The molecule has 0 unspecified atom stereocenters. The third-order valence-corrected chi connectivity index (χ3v) is 3.39. The molecule has 1 aromatic rings. The molecule has 0 radical (unpaired) electrons. The molecule has 0 aliphatic rings.